The quantitative estimate of drug-likeness (QED) is 0.723. The third kappa shape index (κ3) is 5.10. The minimum Gasteiger partial charge on any atom is -0.355 e. The lowest BCUT2D eigenvalue weighted by molar-refractivity contribution is -0.137. The molecule has 1 amide bonds. The number of alkyl halides is 3. The zero-order valence-electron chi connectivity index (χ0n) is 17.5. The molecule has 3 heterocycles. The number of pyridine rings is 1. The molecule has 1 saturated heterocycles. The highest BCUT2D eigenvalue weighted by Gasteiger charge is 2.31. The van der Waals surface area contributed by atoms with E-state index in [1.165, 1.54) is 12.1 Å². The molecule has 176 valence electrons. The van der Waals surface area contributed by atoms with Gasteiger partial charge in [-0.1, -0.05) is 12.1 Å². The number of halogens is 3. The molecule has 12 heteroatoms. The number of aliphatic imine (C=N–C) groups is 1. The monoisotopic (exact) mass is 481 g/mol. The van der Waals surface area contributed by atoms with E-state index in [-0.39, 0.29) is 29.6 Å². The predicted octanol–water partition coefficient (Wildman–Crippen LogP) is 2.27. The highest BCUT2D eigenvalue weighted by atomic mass is 32.2. The first-order valence-corrected chi connectivity index (χ1v) is 11.9. The fourth-order valence-corrected chi connectivity index (χ4v) is 5.06. The van der Waals surface area contributed by atoms with Gasteiger partial charge in [0.05, 0.1) is 17.0 Å². The first-order chi connectivity index (χ1) is 15.6. The van der Waals surface area contributed by atoms with Gasteiger partial charge in [-0.15, -0.1) is 0 Å². The Morgan fingerprint density at radius 2 is 1.88 bits per heavy atom. The van der Waals surface area contributed by atoms with E-state index in [2.05, 4.69) is 14.7 Å². The molecule has 0 saturated carbocycles. The number of nitrogens with one attached hydrogen (secondary N) is 1. The van der Waals surface area contributed by atoms with Crippen molar-refractivity contribution in [3.05, 3.63) is 53.7 Å². The van der Waals surface area contributed by atoms with Gasteiger partial charge in [0.15, 0.2) is 0 Å². The summed E-state index contributed by atoms with van der Waals surface area (Å²) in [5, 5.41) is 0. The molecule has 2 aromatic rings. The van der Waals surface area contributed by atoms with Gasteiger partial charge in [0.1, 0.15) is 11.7 Å². The van der Waals surface area contributed by atoms with Gasteiger partial charge in [0, 0.05) is 44.4 Å². The smallest absolute Gasteiger partial charge is 0.355 e. The first-order valence-electron chi connectivity index (χ1n) is 10.4. The van der Waals surface area contributed by atoms with E-state index in [4.69, 9.17) is 0 Å². The predicted molar refractivity (Wildman–Crippen MR) is 115 cm³/mol. The third-order valence-corrected chi connectivity index (χ3v) is 6.90. The maximum atomic E-state index is 12.7. The van der Waals surface area contributed by atoms with E-state index in [0.717, 1.165) is 12.3 Å². The Hall–Kier alpha value is -3.15. The lowest BCUT2D eigenvalue weighted by Gasteiger charge is -2.23. The maximum absolute atomic E-state index is 12.7. The number of aromatic nitrogens is 1. The topological polar surface area (TPSA) is 95.0 Å². The minimum absolute atomic E-state index is 0.115. The second kappa shape index (κ2) is 9.00. The Labute approximate surface area is 189 Å². The average Bonchev–Trinajstić information content (AvgIpc) is 2.93. The molecule has 33 heavy (non-hydrogen) atoms. The summed E-state index contributed by atoms with van der Waals surface area (Å²) in [7, 11) is -3.62. The zero-order valence-corrected chi connectivity index (χ0v) is 18.4. The van der Waals surface area contributed by atoms with Crippen LogP contribution < -0.4 is 9.62 Å². The Morgan fingerprint density at radius 3 is 2.61 bits per heavy atom. The molecule has 0 bridgehead atoms. The molecule has 2 aliphatic heterocycles. The van der Waals surface area contributed by atoms with Crippen LogP contribution in [0.2, 0.25) is 0 Å². The number of rotatable bonds is 4. The summed E-state index contributed by atoms with van der Waals surface area (Å²) in [5.41, 5.74) is -0.314. The summed E-state index contributed by atoms with van der Waals surface area (Å²) in [6, 6.07) is 8.86. The summed E-state index contributed by atoms with van der Waals surface area (Å²) in [6.07, 6.45) is -2.85. The average molecular weight is 482 g/mol. The van der Waals surface area contributed by atoms with Crippen molar-refractivity contribution in [2.75, 3.05) is 37.6 Å². The van der Waals surface area contributed by atoms with E-state index in [1.54, 1.807) is 23.1 Å². The Morgan fingerprint density at radius 1 is 1.09 bits per heavy atom. The molecule has 0 aliphatic carbocycles. The van der Waals surface area contributed by atoms with Crippen molar-refractivity contribution in [1.29, 1.82) is 0 Å². The molecule has 1 aromatic heterocycles. The van der Waals surface area contributed by atoms with Gasteiger partial charge >= 0.3 is 6.18 Å². The maximum Gasteiger partial charge on any atom is 0.417 e. The molecule has 1 aromatic carbocycles. The lowest BCUT2D eigenvalue weighted by atomic mass is 10.2. The number of hydrogen-bond acceptors (Lipinski definition) is 6. The Kier molecular flexibility index (Phi) is 6.28. The molecule has 1 fully saturated rings. The summed E-state index contributed by atoms with van der Waals surface area (Å²) in [5.74, 6) is 0.556. The van der Waals surface area contributed by atoms with Gasteiger partial charge in [0.25, 0.3) is 10.0 Å². The van der Waals surface area contributed by atoms with Crippen LogP contribution >= 0.6 is 0 Å². The highest BCUT2D eigenvalue weighted by Crippen LogP contribution is 2.29. The Bertz CT molecular complexity index is 1170. The van der Waals surface area contributed by atoms with Crippen molar-refractivity contribution in [2.24, 2.45) is 4.99 Å². The molecule has 0 atom stereocenters. The fourth-order valence-electron chi connectivity index (χ4n) is 3.81. The van der Waals surface area contributed by atoms with E-state index in [0.29, 0.717) is 44.0 Å². The molecule has 2 aliphatic rings. The van der Waals surface area contributed by atoms with Crippen molar-refractivity contribution in [3.63, 3.8) is 0 Å². The van der Waals surface area contributed by atoms with Gasteiger partial charge in [-0.3, -0.25) is 14.5 Å². The van der Waals surface area contributed by atoms with Gasteiger partial charge in [-0.05, 0) is 30.7 Å². The van der Waals surface area contributed by atoms with Gasteiger partial charge in [-0.2, -0.15) is 13.2 Å². The van der Waals surface area contributed by atoms with Crippen molar-refractivity contribution >= 4 is 27.6 Å². The summed E-state index contributed by atoms with van der Waals surface area (Å²) < 4.78 is 64.9. The molecular formula is C21H22F3N5O3S. The number of fused-ring (bicyclic) bond motifs is 1. The van der Waals surface area contributed by atoms with Crippen LogP contribution in [0.25, 0.3) is 0 Å². The second-order valence-corrected chi connectivity index (χ2v) is 9.36. The molecule has 8 nitrogen and oxygen atoms in total. The van der Waals surface area contributed by atoms with Crippen LogP contribution in [-0.2, 0) is 21.0 Å². The van der Waals surface area contributed by atoms with E-state index < -0.39 is 21.8 Å². The van der Waals surface area contributed by atoms with Crippen molar-refractivity contribution < 1.29 is 26.4 Å². The van der Waals surface area contributed by atoms with Gasteiger partial charge < -0.3 is 9.80 Å². The van der Waals surface area contributed by atoms with Crippen LogP contribution in [0, 0.1) is 0 Å². The third-order valence-electron chi connectivity index (χ3n) is 5.51. The first kappa shape index (κ1) is 23.0. The highest BCUT2D eigenvalue weighted by molar-refractivity contribution is 7.90. The second-order valence-electron chi connectivity index (χ2n) is 7.71. The van der Waals surface area contributed by atoms with E-state index in [1.807, 2.05) is 4.90 Å². The van der Waals surface area contributed by atoms with E-state index >= 15 is 0 Å². The van der Waals surface area contributed by atoms with Crippen LogP contribution in [0.3, 0.4) is 0 Å². The summed E-state index contributed by atoms with van der Waals surface area (Å²) in [6.45, 7) is 2.08. The summed E-state index contributed by atoms with van der Waals surface area (Å²) >= 11 is 0. The van der Waals surface area contributed by atoms with Crippen LogP contribution in [-0.4, -0.2) is 62.8 Å². The van der Waals surface area contributed by atoms with E-state index in [9.17, 15) is 26.4 Å². The SMILES string of the molecule is O=C(CCN=C1NS(=O)(=O)c2ccccc21)N1CCCN(c2ccc(C(F)(F)F)cn2)CC1. The molecule has 0 spiro atoms. The number of sulfonamides is 1. The zero-order chi connectivity index (χ0) is 23.6. The number of carbonyl (C=O) groups is 1. The van der Waals surface area contributed by atoms with Crippen LogP contribution in [0.5, 0.6) is 0 Å². The van der Waals surface area contributed by atoms with Crippen LogP contribution in [0.4, 0.5) is 19.0 Å². The molecule has 1 N–H and O–H groups in total. The number of hydrogen-bond donors (Lipinski definition) is 1. The number of anilines is 1. The number of amides is 1. The van der Waals surface area contributed by atoms with Crippen molar-refractivity contribution in [1.82, 2.24) is 14.6 Å². The minimum atomic E-state index is -4.43. The number of benzene rings is 1. The van der Waals surface area contributed by atoms with Crippen LogP contribution in [0.1, 0.15) is 24.0 Å². The standard InChI is InChI=1S/C21H22F3N5O3S/c22-21(23,24)15-6-7-18(26-14-15)28-10-3-11-29(13-12-28)19(30)8-9-25-20-16-4-1-2-5-17(16)33(31,32)27-20/h1-2,4-7,14H,3,8-13H2,(H,25,27). The van der Waals surface area contributed by atoms with Gasteiger partial charge in [0.2, 0.25) is 5.91 Å². The molecule has 4 rings (SSSR count). The van der Waals surface area contributed by atoms with Gasteiger partial charge in [-0.25, -0.2) is 13.4 Å². The number of amidine groups is 1. The molecular weight excluding hydrogens is 459 g/mol. The number of carbonyl (C=O) groups excluding carboxylic acids is 1. The largest absolute Gasteiger partial charge is 0.417 e. The fraction of sp³-hybridized carbons (Fsp3) is 0.381. The molecule has 0 unspecified atom stereocenters. The molecule has 0 radical (unpaired) electrons. The Balaban J connectivity index is 1.33. The van der Waals surface area contributed by atoms with Crippen molar-refractivity contribution in [3.8, 4) is 0 Å². The normalized spacial score (nSPS) is 19.2. The summed E-state index contributed by atoms with van der Waals surface area (Å²) in [4.78, 5) is 24.6. The lowest BCUT2D eigenvalue weighted by Crippen LogP contribution is -2.35. The number of nitrogens with zero attached hydrogens (tertiary/aromatic N) is 4. The van der Waals surface area contributed by atoms with Crippen LogP contribution in [0.15, 0.2) is 52.5 Å². The van der Waals surface area contributed by atoms with Crippen molar-refractivity contribution in [2.45, 2.75) is 23.9 Å².